The molecule has 2 heterocycles. The molecule has 13 nitrogen and oxygen atoms in total. The van der Waals surface area contributed by atoms with Crippen LogP contribution in [0.25, 0.3) is 0 Å². The summed E-state index contributed by atoms with van der Waals surface area (Å²) in [7, 11) is -2.87. The Morgan fingerprint density at radius 3 is 2.15 bits per heavy atom. The highest BCUT2D eigenvalue weighted by Crippen LogP contribution is 2.22. The van der Waals surface area contributed by atoms with Crippen LogP contribution in [-0.4, -0.2) is 131 Å². The summed E-state index contributed by atoms with van der Waals surface area (Å²) in [5.41, 5.74) is 0. The summed E-state index contributed by atoms with van der Waals surface area (Å²) in [4.78, 5) is 12.6. The van der Waals surface area contributed by atoms with Crippen LogP contribution in [0.3, 0.4) is 0 Å². The molecule has 2 fully saturated rings. The van der Waals surface area contributed by atoms with Gasteiger partial charge in [-0.15, -0.1) is 0 Å². The van der Waals surface area contributed by atoms with Crippen LogP contribution in [0.15, 0.2) is 0 Å². The van der Waals surface area contributed by atoms with Crippen molar-refractivity contribution in [2.75, 3.05) is 31.3 Å². The normalized spacial score (nSPS) is 29.1. The first kappa shape index (κ1) is 36.3. The van der Waals surface area contributed by atoms with Crippen LogP contribution in [-0.2, 0) is 28.8 Å². The van der Waals surface area contributed by atoms with Gasteiger partial charge in [-0.25, -0.2) is 8.42 Å². The lowest BCUT2D eigenvalue weighted by atomic mass is 9.99. The third kappa shape index (κ3) is 12.7. The molecule has 2 aliphatic heterocycles. The van der Waals surface area contributed by atoms with E-state index in [0.29, 0.717) is 25.9 Å². The van der Waals surface area contributed by atoms with Crippen molar-refractivity contribution in [3.05, 3.63) is 0 Å². The largest absolute Gasteiger partial charge is 0.394 e. The molecule has 5 unspecified atom stereocenters. The van der Waals surface area contributed by atoms with Gasteiger partial charge in [-0.2, -0.15) is 0 Å². The van der Waals surface area contributed by atoms with Gasteiger partial charge in [-0.3, -0.25) is 4.79 Å². The van der Waals surface area contributed by atoms with Gasteiger partial charge in [0.25, 0.3) is 0 Å². The van der Waals surface area contributed by atoms with E-state index < -0.39 is 65.4 Å². The third-order valence-corrected chi connectivity index (χ3v) is 9.48. The molecule has 0 aromatic carbocycles. The molecule has 1 amide bonds. The predicted octanol–water partition coefficient (Wildman–Crippen LogP) is -0.866. The van der Waals surface area contributed by atoms with Crippen LogP contribution in [0.2, 0.25) is 0 Å². The van der Waals surface area contributed by atoms with E-state index in [2.05, 4.69) is 5.32 Å². The quantitative estimate of drug-likeness (QED) is 0.0887. The van der Waals surface area contributed by atoms with Gasteiger partial charge in [0.1, 0.15) is 30.5 Å². The van der Waals surface area contributed by atoms with Gasteiger partial charge in [0, 0.05) is 13.0 Å². The van der Waals surface area contributed by atoms with Crippen molar-refractivity contribution in [3.63, 3.8) is 0 Å². The van der Waals surface area contributed by atoms with Crippen LogP contribution < -0.4 is 5.32 Å². The van der Waals surface area contributed by atoms with Gasteiger partial charge in [-0.05, 0) is 32.1 Å². The first-order valence-corrected chi connectivity index (χ1v) is 16.7. The molecular weight excluding hydrogens is 562 g/mol. The van der Waals surface area contributed by atoms with Crippen LogP contribution in [0, 0.1) is 0 Å². The zero-order chi connectivity index (χ0) is 30.4. The number of aliphatic hydroxyl groups is 6. The standard InChI is InChI=1S/C27H51NO12S/c1-2-20(30)23(32)19(17-39-27-26(35)25(34)24(33)21(16-29)40-27)28-22(31)10-8-6-4-3-5-7-9-13-38-18-11-14-41(36,37)15-12-18/h18-21,23-27,29-30,32-35H,2-17H2,1H3,(H,28,31)/t19-,20+,21?,23-,24?,25?,26?,27?/m0/s1. The first-order valence-electron chi connectivity index (χ1n) is 14.9. The monoisotopic (exact) mass is 613 g/mol. The van der Waals surface area contributed by atoms with E-state index >= 15 is 0 Å². The van der Waals surface area contributed by atoms with Crippen LogP contribution in [0.1, 0.15) is 77.6 Å². The number of amides is 1. The van der Waals surface area contributed by atoms with Crippen molar-refractivity contribution >= 4 is 15.7 Å². The Bertz CT molecular complexity index is 830. The minimum absolute atomic E-state index is 0.0508. The molecule has 0 bridgehead atoms. The number of hydrogen-bond acceptors (Lipinski definition) is 12. The molecule has 14 heteroatoms. The van der Waals surface area contributed by atoms with Gasteiger partial charge >= 0.3 is 0 Å². The average molecular weight is 614 g/mol. The summed E-state index contributed by atoms with van der Waals surface area (Å²) in [5, 5.41) is 62.7. The molecule has 7 N–H and O–H groups in total. The lowest BCUT2D eigenvalue weighted by molar-refractivity contribution is -0.303. The Morgan fingerprint density at radius 1 is 0.927 bits per heavy atom. The molecule has 0 radical (unpaired) electrons. The smallest absolute Gasteiger partial charge is 0.220 e. The second-order valence-electron chi connectivity index (χ2n) is 11.1. The highest BCUT2D eigenvalue weighted by atomic mass is 32.2. The Kier molecular flexibility index (Phi) is 16.5. The molecule has 8 atom stereocenters. The molecule has 0 saturated carbocycles. The molecule has 2 aliphatic rings. The summed E-state index contributed by atoms with van der Waals surface area (Å²) in [6.45, 7) is 1.34. The fourth-order valence-electron chi connectivity index (χ4n) is 4.97. The molecule has 2 rings (SSSR count). The molecule has 2 saturated heterocycles. The van der Waals surface area contributed by atoms with Crippen molar-refractivity contribution in [2.24, 2.45) is 0 Å². The van der Waals surface area contributed by atoms with Crippen molar-refractivity contribution in [3.8, 4) is 0 Å². The van der Waals surface area contributed by atoms with Gasteiger partial charge in [0.15, 0.2) is 16.1 Å². The van der Waals surface area contributed by atoms with Gasteiger partial charge < -0.3 is 50.2 Å². The topological polar surface area (TPSA) is 212 Å². The zero-order valence-electron chi connectivity index (χ0n) is 24.1. The van der Waals surface area contributed by atoms with Crippen molar-refractivity contribution in [1.29, 1.82) is 0 Å². The molecule has 0 aliphatic carbocycles. The van der Waals surface area contributed by atoms with Crippen LogP contribution >= 0.6 is 0 Å². The number of aliphatic hydroxyl groups excluding tert-OH is 6. The Morgan fingerprint density at radius 2 is 1.54 bits per heavy atom. The number of ether oxygens (including phenoxy) is 3. The maximum atomic E-state index is 12.6. The minimum Gasteiger partial charge on any atom is -0.394 e. The lowest BCUT2D eigenvalue weighted by Crippen LogP contribution is -2.60. The van der Waals surface area contributed by atoms with E-state index in [0.717, 1.165) is 38.5 Å². The van der Waals surface area contributed by atoms with E-state index in [1.165, 1.54) is 0 Å². The summed E-state index contributed by atoms with van der Waals surface area (Å²) in [6, 6.07) is -1.02. The number of carbonyl (C=O) groups is 1. The predicted molar refractivity (Wildman–Crippen MR) is 149 cm³/mol. The number of hydrogen-bond donors (Lipinski definition) is 7. The van der Waals surface area contributed by atoms with Gasteiger partial charge in [0.2, 0.25) is 5.91 Å². The molecule has 0 aromatic rings. The molecule has 0 aromatic heterocycles. The third-order valence-electron chi connectivity index (χ3n) is 7.76. The van der Waals surface area contributed by atoms with E-state index in [-0.39, 0.29) is 43.0 Å². The summed E-state index contributed by atoms with van der Waals surface area (Å²) in [5.74, 6) is 0.101. The first-order chi connectivity index (χ1) is 19.5. The zero-order valence-corrected chi connectivity index (χ0v) is 24.9. The van der Waals surface area contributed by atoms with Gasteiger partial charge in [-0.1, -0.05) is 39.0 Å². The van der Waals surface area contributed by atoms with Crippen molar-refractivity contribution in [2.45, 2.75) is 133 Å². The maximum Gasteiger partial charge on any atom is 0.220 e. The summed E-state index contributed by atoms with van der Waals surface area (Å²) >= 11 is 0. The Hall–Kier alpha value is -0.940. The SMILES string of the molecule is CC[C@@H](O)[C@@H](O)[C@H](COC1OC(CO)C(O)C(O)C1O)NC(=O)CCCCCCCCCOC1CCS(=O)(=O)CC1. The van der Waals surface area contributed by atoms with Crippen LogP contribution in [0.5, 0.6) is 0 Å². The fourth-order valence-corrected chi connectivity index (χ4v) is 6.42. The number of nitrogens with one attached hydrogen (secondary N) is 1. The van der Waals surface area contributed by atoms with E-state index in [4.69, 9.17) is 14.2 Å². The van der Waals surface area contributed by atoms with E-state index in [9.17, 15) is 43.9 Å². The highest BCUT2D eigenvalue weighted by Gasteiger charge is 2.44. The molecule has 242 valence electrons. The van der Waals surface area contributed by atoms with Crippen LogP contribution in [0.4, 0.5) is 0 Å². The number of carbonyl (C=O) groups excluding carboxylic acids is 1. The molecular formula is C27H51NO12S. The molecule has 41 heavy (non-hydrogen) atoms. The number of rotatable bonds is 19. The minimum atomic E-state index is -2.87. The van der Waals surface area contributed by atoms with Gasteiger partial charge in [0.05, 0.1) is 43.0 Å². The fraction of sp³-hybridized carbons (Fsp3) is 0.963. The second kappa shape index (κ2) is 18.7. The van der Waals surface area contributed by atoms with Crippen molar-refractivity contribution in [1.82, 2.24) is 5.32 Å². The lowest BCUT2D eigenvalue weighted by Gasteiger charge is -2.40. The molecule has 0 spiro atoms. The highest BCUT2D eigenvalue weighted by molar-refractivity contribution is 7.91. The second-order valence-corrected chi connectivity index (χ2v) is 13.4. The number of sulfone groups is 1. The van der Waals surface area contributed by atoms with E-state index in [1.807, 2.05) is 0 Å². The Labute approximate surface area is 243 Å². The average Bonchev–Trinajstić information content (AvgIpc) is 2.95. The van der Waals surface area contributed by atoms with Crippen molar-refractivity contribution < 1.29 is 58.1 Å². The maximum absolute atomic E-state index is 12.6. The summed E-state index contributed by atoms with van der Waals surface area (Å²) in [6.07, 6.45) is -1.69. The Balaban J connectivity index is 1.63. The van der Waals surface area contributed by atoms with E-state index in [1.54, 1.807) is 6.92 Å². The summed E-state index contributed by atoms with van der Waals surface area (Å²) < 4.78 is 39.5. The number of unbranched alkanes of at least 4 members (excludes halogenated alkanes) is 6.